The first kappa shape index (κ1) is 17.7. The highest BCUT2D eigenvalue weighted by molar-refractivity contribution is 7.80. The Bertz CT molecular complexity index is 538. The van der Waals surface area contributed by atoms with Gasteiger partial charge in [0.15, 0.2) is 0 Å². The van der Waals surface area contributed by atoms with Crippen molar-refractivity contribution in [3.63, 3.8) is 0 Å². The van der Waals surface area contributed by atoms with Gasteiger partial charge >= 0.3 is 6.18 Å². The average Bonchev–Trinajstić information content (AvgIpc) is 2.36. The van der Waals surface area contributed by atoms with Gasteiger partial charge in [0.25, 0.3) is 0 Å². The number of nitrogens with two attached hydrogens (primary N) is 1. The molecule has 3 N–H and O–H groups in total. The molecule has 116 valence electrons. The van der Waals surface area contributed by atoms with Gasteiger partial charge < -0.3 is 15.8 Å². The molecule has 0 bridgehead atoms. The molecule has 9 heteroatoms. The standard InChI is InChI=1S/C12H12ClF3N2O2S/c13-8-2-1-7(11(17)21)5-9(8)18-10(19)3-4-20-6-12(14,15)16/h1-2,5H,3-4,6H2,(H2,17,21)(H,18,19). The van der Waals surface area contributed by atoms with Crippen molar-refractivity contribution in [3.8, 4) is 0 Å². The summed E-state index contributed by atoms with van der Waals surface area (Å²) in [5.41, 5.74) is 6.24. The Morgan fingerprint density at radius 3 is 2.67 bits per heavy atom. The molecule has 1 aromatic carbocycles. The van der Waals surface area contributed by atoms with Crippen LogP contribution in [0.1, 0.15) is 12.0 Å². The van der Waals surface area contributed by atoms with Crippen LogP contribution in [0.4, 0.5) is 18.9 Å². The van der Waals surface area contributed by atoms with Crippen LogP contribution in [0.25, 0.3) is 0 Å². The highest BCUT2D eigenvalue weighted by Crippen LogP contribution is 2.23. The summed E-state index contributed by atoms with van der Waals surface area (Å²) in [6, 6.07) is 4.58. The summed E-state index contributed by atoms with van der Waals surface area (Å²) < 4.78 is 39.8. The second-order valence-corrected chi connectivity index (χ2v) is 4.87. The quantitative estimate of drug-likeness (QED) is 0.617. The number of carbonyl (C=O) groups excluding carboxylic acids is 1. The van der Waals surface area contributed by atoms with Crippen molar-refractivity contribution < 1.29 is 22.7 Å². The molecular formula is C12H12ClF3N2O2S. The molecule has 0 spiro atoms. The van der Waals surface area contributed by atoms with E-state index in [1.54, 1.807) is 6.07 Å². The highest BCUT2D eigenvalue weighted by atomic mass is 35.5. The number of alkyl halides is 3. The molecule has 21 heavy (non-hydrogen) atoms. The van der Waals surface area contributed by atoms with Gasteiger partial charge in [-0.3, -0.25) is 4.79 Å². The molecule has 1 rings (SSSR count). The lowest BCUT2D eigenvalue weighted by Crippen LogP contribution is -2.20. The van der Waals surface area contributed by atoms with Crippen LogP contribution >= 0.6 is 23.8 Å². The van der Waals surface area contributed by atoms with E-state index in [-0.39, 0.29) is 28.7 Å². The van der Waals surface area contributed by atoms with Crippen LogP contribution in [0.3, 0.4) is 0 Å². The maximum atomic E-state index is 11.8. The predicted molar refractivity (Wildman–Crippen MR) is 77.5 cm³/mol. The summed E-state index contributed by atoms with van der Waals surface area (Å²) in [5.74, 6) is -0.529. The second-order valence-electron chi connectivity index (χ2n) is 4.02. The number of halogens is 4. The molecule has 0 fully saturated rings. The Labute approximate surface area is 129 Å². The SMILES string of the molecule is NC(=S)c1ccc(Cl)c(NC(=O)CCOCC(F)(F)F)c1. The predicted octanol–water partition coefficient (Wildman–Crippen LogP) is 2.88. The van der Waals surface area contributed by atoms with E-state index in [1.807, 2.05) is 0 Å². The van der Waals surface area contributed by atoms with Crippen LogP contribution < -0.4 is 11.1 Å². The molecule has 1 amide bonds. The summed E-state index contributed by atoms with van der Waals surface area (Å²) >= 11 is 10.7. The van der Waals surface area contributed by atoms with Crippen LogP contribution in [-0.2, 0) is 9.53 Å². The van der Waals surface area contributed by atoms with Crippen molar-refractivity contribution in [1.82, 2.24) is 0 Å². The van der Waals surface area contributed by atoms with Crippen molar-refractivity contribution in [2.75, 3.05) is 18.5 Å². The maximum absolute atomic E-state index is 11.8. The van der Waals surface area contributed by atoms with Crippen molar-refractivity contribution >= 4 is 40.4 Å². The number of ether oxygens (including phenoxy) is 1. The fourth-order valence-electron chi connectivity index (χ4n) is 1.34. The van der Waals surface area contributed by atoms with E-state index in [0.29, 0.717) is 5.56 Å². The number of hydrogen-bond donors (Lipinski definition) is 2. The third-order valence-electron chi connectivity index (χ3n) is 2.26. The summed E-state index contributed by atoms with van der Waals surface area (Å²) in [6.07, 6.45) is -4.64. The van der Waals surface area contributed by atoms with E-state index in [4.69, 9.17) is 29.6 Å². The molecule has 0 atom stereocenters. The summed E-state index contributed by atoms with van der Waals surface area (Å²) in [4.78, 5) is 11.7. The van der Waals surface area contributed by atoms with Gasteiger partial charge in [-0.2, -0.15) is 13.2 Å². The van der Waals surface area contributed by atoms with E-state index >= 15 is 0 Å². The summed E-state index contributed by atoms with van der Waals surface area (Å²) in [6.45, 7) is -1.74. The Morgan fingerprint density at radius 1 is 1.43 bits per heavy atom. The average molecular weight is 341 g/mol. The largest absolute Gasteiger partial charge is 0.411 e. The number of benzene rings is 1. The lowest BCUT2D eigenvalue weighted by atomic mass is 10.2. The molecule has 0 aliphatic rings. The topological polar surface area (TPSA) is 64.3 Å². The first-order valence-electron chi connectivity index (χ1n) is 5.73. The van der Waals surface area contributed by atoms with E-state index in [2.05, 4.69) is 10.1 Å². The Balaban J connectivity index is 2.51. The van der Waals surface area contributed by atoms with Crippen molar-refractivity contribution in [1.29, 1.82) is 0 Å². The molecule has 0 radical (unpaired) electrons. The molecule has 4 nitrogen and oxygen atoms in total. The minimum atomic E-state index is -4.41. The van der Waals surface area contributed by atoms with Crippen LogP contribution in [-0.4, -0.2) is 30.3 Å². The van der Waals surface area contributed by atoms with Gasteiger partial charge in [0.2, 0.25) is 5.91 Å². The van der Waals surface area contributed by atoms with Crippen LogP contribution in [0.5, 0.6) is 0 Å². The van der Waals surface area contributed by atoms with Gasteiger partial charge in [-0.25, -0.2) is 0 Å². The minimum Gasteiger partial charge on any atom is -0.389 e. The van der Waals surface area contributed by atoms with Crippen LogP contribution in [0, 0.1) is 0 Å². The van der Waals surface area contributed by atoms with Crippen molar-refractivity contribution in [3.05, 3.63) is 28.8 Å². The van der Waals surface area contributed by atoms with Crippen LogP contribution in [0.2, 0.25) is 5.02 Å². The smallest absolute Gasteiger partial charge is 0.389 e. The maximum Gasteiger partial charge on any atom is 0.411 e. The molecular weight excluding hydrogens is 329 g/mol. The van der Waals surface area contributed by atoms with E-state index in [9.17, 15) is 18.0 Å². The van der Waals surface area contributed by atoms with Crippen LogP contribution in [0.15, 0.2) is 18.2 Å². The number of rotatable bonds is 6. The zero-order valence-electron chi connectivity index (χ0n) is 10.7. The fraction of sp³-hybridized carbons (Fsp3) is 0.333. The third-order valence-corrected chi connectivity index (χ3v) is 2.83. The molecule has 0 aromatic heterocycles. The number of amides is 1. The molecule has 0 unspecified atom stereocenters. The van der Waals surface area contributed by atoms with Gasteiger partial charge in [-0.15, -0.1) is 0 Å². The second kappa shape index (κ2) is 7.58. The minimum absolute atomic E-state index is 0.135. The zero-order chi connectivity index (χ0) is 16.0. The molecule has 0 aliphatic carbocycles. The lowest BCUT2D eigenvalue weighted by molar-refractivity contribution is -0.174. The first-order chi connectivity index (χ1) is 9.69. The number of anilines is 1. The molecule has 0 aliphatic heterocycles. The van der Waals surface area contributed by atoms with E-state index in [1.165, 1.54) is 12.1 Å². The zero-order valence-corrected chi connectivity index (χ0v) is 12.2. The van der Waals surface area contributed by atoms with Crippen molar-refractivity contribution in [2.24, 2.45) is 5.73 Å². The van der Waals surface area contributed by atoms with E-state index < -0.39 is 18.7 Å². The highest BCUT2D eigenvalue weighted by Gasteiger charge is 2.27. The van der Waals surface area contributed by atoms with Gasteiger partial charge in [-0.05, 0) is 12.1 Å². The molecule has 0 saturated carbocycles. The molecule has 1 aromatic rings. The Hall–Kier alpha value is -1.38. The number of carbonyl (C=O) groups is 1. The van der Waals surface area contributed by atoms with Gasteiger partial charge in [0.1, 0.15) is 11.6 Å². The summed E-state index contributed by atoms with van der Waals surface area (Å²) in [5, 5.41) is 2.72. The normalized spacial score (nSPS) is 11.2. The number of nitrogens with one attached hydrogen (secondary N) is 1. The van der Waals surface area contributed by atoms with Gasteiger partial charge in [-0.1, -0.05) is 29.9 Å². The Kier molecular flexibility index (Phi) is 6.38. The number of thiocarbonyl (C=S) groups is 1. The van der Waals surface area contributed by atoms with Gasteiger partial charge in [0, 0.05) is 5.56 Å². The lowest BCUT2D eigenvalue weighted by Gasteiger charge is -2.10. The summed E-state index contributed by atoms with van der Waals surface area (Å²) in [7, 11) is 0. The first-order valence-corrected chi connectivity index (χ1v) is 6.51. The number of hydrogen-bond acceptors (Lipinski definition) is 3. The molecule has 0 heterocycles. The van der Waals surface area contributed by atoms with E-state index in [0.717, 1.165) is 0 Å². The molecule has 0 saturated heterocycles. The van der Waals surface area contributed by atoms with Crippen molar-refractivity contribution in [2.45, 2.75) is 12.6 Å². The third kappa shape index (κ3) is 6.74. The monoisotopic (exact) mass is 340 g/mol. The van der Waals surface area contributed by atoms with Gasteiger partial charge in [0.05, 0.1) is 23.7 Å². The fourth-order valence-corrected chi connectivity index (χ4v) is 1.63. The Morgan fingerprint density at radius 2 is 2.10 bits per heavy atom.